The number of alkyl halides is 1. The van der Waals surface area contributed by atoms with Crippen LogP contribution in [0.5, 0.6) is 0 Å². The summed E-state index contributed by atoms with van der Waals surface area (Å²) in [6, 6.07) is 1.87. The Kier molecular flexibility index (Phi) is 3.87. The van der Waals surface area contributed by atoms with Gasteiger partial charge in [0.05, 0.1) is 23.7 Å². The van der Waals surface area contributed by atoms with Gasteiger partial charge >= 0.3 is 0 Å². The Hall–Kier alpha value is -2.95. The number of nitrogens with one attached hydrogen (secondary N) is 2. The van der Waals surface area contributed by atoms with Gasteiger partial charge in [-0.05, 0) is 35.8 Å². The van der Waals surface area contributed by atoms with E-state index >= 15 is 0 Å². The molecule has 3 aliphatic rings. The zero-order valence-electron chi connectivity index (χ0n) is 14.7. The standard InChI is InChI=1S/C18H19FN6O/c1-8(7-20)13-11-5-4-10(23-16(13)14(11)19)6-12-9(2)22-18-17(15(12)21-3)24-26-25-18/h4-5,8,13-14,16,21,23H,6H2,1-3H3. The van der Waals surface area contributed by atoms with Crippen LogP contribution < -0.4 is 10.6 Å². The molecule has 2 aliphatic heterocycles. The number of aromatic nitrogens is 3. The molecule has 0 radical (unpaired) electrons. The molecule has 1 fully saturated rings. The van der Waals surface area contributed by atoms with Crippen molar-refractivity contribution in [3.05, 3.63) is 34.7 Å². The molecule has 5 rings (SSSR count). The molecule has 134 valence electrons. The van der Waals surface area contributed by atoms with Crippen molar-refractivity contribution < 1.29 is 9.02 Å². The minimum atomic E-state index is -1.05. The summed E-state index contributed by atoms with van der Waals surface area (Å²) in [7, 11) is 1.81. The lowest BCUT2D eigenvalue weighted by Gasteiger charge is -2.44. The summed E-state index contributed by atoms with van der Waals surface area (Å²) in [5.41, 5.74) is 5.18. The van der Waals surface area contributed by atoms with Crippen molar-refractivity contribution in [2.45, 2.75) is 32.5 Å². The highest BCUT2D eigenvalue weighted by molar-refractivity contribution is 5.87. The minimum Gasteiger partial charge on any atom is -0.386 e. The third kappa shape index (κ3) is 2.35. The van der Waals surface area contributed by atoms with Crippen LogP contribution >= 0.6 is 0 Å². The molecular formula is C18H19FN6O. The molecule has 4 heterocycles. The van der Waals surface area contributed by atoms with Crippen LogP contribution in [0.2, 0.25) is 0 Å². The van der Waals surface area contributed by atoms with E-state index in [2.05, 4.69) is 32.0 Å². The Morgan fingerprint density at radius 2 is 2.23 bits per heavy atom. The number of nitriles is 1. The number of hydrogen-bond acceptors (Lipinski definition) is 7. The number of aryl methyl sites for hydroxylation is 1. The third-order valence-electron chi connectivity index (χ3n) is 5.31. The number of hydrogen-bond donors (Lipinski definition) is 2. The molecule has 4 unspecified atom stereocenters. The molecule has 1 aliphatic carbocycles. The molecule has 26 heavy (non-hydrogen) atoms. The van der Waals surface area contributed by atoms with Crippen LogP contribution in [0.4, 0.5) is 10.1 Å². The molecule has 2 aromatic heterocycles. The summed E-state index contributed by atoms with van der Waals surface area (Å²) >= 11 is 0. The van der Waals surface area contributed by atoms with E-state index in [1.807, 2.05) is 33.0 Å². The Morgan fingerprint density at radius 3 is 2.96 bits per heavy atom. The molecule has 2 bridgehead atoms. The van der Waals surface area contributed by atoms with E-state index < -0.39 is 6.17 Å². The fourth-order valence-corrected chi connectivity index (χ4v) is 3.92. The van der Waals surface area contributed by atoms with E-state index in [-0.39, 0.29) is 17.9 Å². The molecule has 7 nitrogen and oxygen atoms in total. The van der Waals surface area contributed by atoms with Gasteiger partial charge in [0.2, 0.25) is 5.65 Å². The third-order valence-corrected chi connectivity index (χ3v) is 5.31. The molecule has 0 saturated heterocycles. The number of allylic oxidation sites excluding steroid dienone is 3. The number of nitrogens with zero attached hydrogens (tertiary/aromatic N) is 4. The van der Waals surface area contributed by atoms with Crippen molar-refractivity contribution in [2.75, 3.05) is 12.4 Å². The van der Waals surface area contributed by atoms with Crippen molar-refractivity contribution >= 4 is 16.9 Å². The Bertz CT molecular complexity index is 972. The van der Waals surface area contributed by atoms with Gasteiger partial charge in [-0.15, -0.1) is 0 Å². The maximum Gasteiger partial charge on any atom is 0.226 e. The van der Waals surface area contributed by atoms with Gasteiger partial charge in [-0.1, -0.05) is 6.08 Å². The maximum atomic E-state index is 14.4. The van der Waals surface area contributed by atoms with Crippen LogP contribution in [0.25, 0.3) is 11.2 Å². The van der Waals surface area contributed by atoms with Crippen molar-refractivity contribution in [3.8, 4) is 6.07 Å². The predicted molar refractivity (Wildman–Crippen MR) is 93.8 cm³/mol. The van der Waals surface area contributed by atoms with Crippen LogP contribution in [0.15, 0.2) is 28.1 Å². The first-order valence-corrected chi connectivity index (χ1v) is 8.55. The predicted octanol–water partition coefficient (Wildman–Crippen LogP) is 2.42. The highest BCUT2D eigenvalue weighted by Gasteiger charge is 2.50. The van der Waals surface area contributed by atoms with E-state index in [9.17, 15) is 9.65 Å². The lowest BCUT2D eigenvalue weighted by atomic mass is 9.67. The second-order valence-electron chi connectivity index (χ2n) is 6.79. The van der Waals surface area contributed by atoms with Gasteiger partial charge in [0.15, 0.2) is 5.52 Å². The summed E-state index contributed by atoms with van der Waals surface area (Å²) < 4.78 is 19.2. The first kappa shape index (κ1) is 16.5. The zero-order valence-corrected chi connectivity index (χ0v) is 14.7. The SMILES string of the molecule is CNc1c(CC2=CC=C3C(F)C(N2)C3C(C)C#N)c(C)nc2nonc12. The summed E-state index contributed by atoms with van der Waals surface area (Å²) in [6.45, 7) is 3.74. The zero-order chi connectivity index (χ0) is 18.4. The number of anilines is 1. The second kappa shape index (κ2) is 6.09. The van der Waals surface area contributed by atoms with Crippen molar-refractivity contribution in [1.29, 1.82) is 5.26 Å². The monoisotopic (exact) mass is 354 g/mol. The molecule has 0 spiro atoms. The molecular weight excluding hydrogens is 335 g/mol. The molecule has 1 saturated carbocycles. The number of fused-ring (bicyclic) bond motifs is 3. The molecule has 2 aromatic rings. The Balaban J connectivity index is 1.65. The van der Waals surface area contributed by atoms with Crippen LogP contribution in [0.1, 0.15) is 18.2 Å². The lowest BCUT2D eigenvalue weighted by molar-refractivity contribution is 0.137. The van der Waals surface area contributed by atoms with Crippen LogP contribution in [-0.4, -0.2) is 34.6 Å². The highest BCUT2D eigenvalue weighted by atomic mass is 19.1. The smallest absolute Gasteiger partial charge is 0.226 e. The summed E-state index contributed by atoms with van der Waals surface area (Å²) in [5, 5.41) is 23.4. The van der Waals surface area contributed by atoms with E-state index in [1.54, 1.807) is 0 Å². The number of pyridine rings is 1. The molecule has 4 atom stereocenters. The van der Waals surface area contributed by atoms with Gasteiger partial charge in [-0.2, -0.15) is 5.26 Å². The van der Waals surface area contributed by atoms with Crippen LogP contribution in [0, 0.1) is 30.1 Å². The first-order valence-electron chi connectivity index (χ1n) is 8.55. The van der Waals surface area contributed by atoms with Gasteiger partial charge in [-0.3, -0.25) is 0 Å². The van der Waals surface area contributed by atoms with Gasteiger partial charge in [0, 0.05) is 36.3 Å². The molecule has 0 amide bonds. The Morgan fingerprint density at radius 1 is 1.42 bits per heavy atom. The number of rotatable bonds is 4. The molecule has 8 heteroatoms. The van der Waals surface area contributed by atoms with Crippen LogP contribution in [0.3, 0.4) is 0 Å². The van der Waals surface area contributed by atoms with Crippen molar-refractivity contribution in [1.82, 2.24) is 20.6 Å². The van der Waals surface area contributed by atoms with Gasteiger partial charge in [0.1, 0.15) is 6.17 Å². The van der Waals surface area contributed by atoms with E-state index in [4.69, 9.17) is 4.63 Å². The summed E-state index contributed by atoms with van der Waals surface area (Å²) in [5.74, 6) is -0.318. The van der Waals surface area contributed by atoms with Crippen molar-refractivity contribution in [2.24, 2.45) is 11.8 Å². The summed E-state index contributed by atoms with van der Waals surface area (Å²) in [4.78, 5) is 4.44. The lowest BCUT2D eigenvalue weighted by Crippen LogP contribution is -2.56. The normalized spacial score (nSPS) is 25.3. The van der Waals surface area contributed by atoms with Crippen LogP contribution in [-0.2, 0) is 6.42 Å². The average Bonchev–Trinajstić information content (AvgIpc) is 2.93. The minimum absolute atomic E-state index is 0.0889. The fraction of sp³-hybridized carbons (Fsp3) is 0.444. The number of halogens is 1. The van der Waals surface area contributed by atoms with E-state index in [0.717, 1.165) is 22.6 Å². The van der Waals surface area contributed by atoms with Gasteiger partial charge < -0.3 is 10.6 Å². The van der Waals surface area contributed by atoms with Crippen molar-refractivity contribution in [3.63, 3.8) is 0 Å². The summed E-state index contributed by atoms with van der Waals surface area (Å²) in [6.07, 6.45) is 3.21. The highest BCUT2D eigenvalue weighted by Crippen LogP contribution is 2.44. The quantitative estimate of drug-likeness (QED) is 0.870. The maximum absolute atomic E-state index is 14.4. The average molecular weight is 354 g/mol. The fourth-order valence-electron chi connectivity index (χ4n) is 3.92. The first-order chi connectivity index (χ1) is 12.5. The topological polar surface area (TPSA) is 99.7 Å². The van der Waals surface area contributed by atoms with E-state index in [1.165, 1.54) is 0 Å². The van der Waals surface area contributed by atoms with Gasteiger partial charge in [0.25, 0.3) is 0 Å². The second-order valence-corrected chi connectivity index (χ2v) is 6.79. The molecule has 2 N–H and O–H groups in total. The van der Waals surface area contributed by atoms with Gasteiger partial charge in [-0.25, -0.2) is 14.0 Å². The Labute approximate surface area is 149 Å². The molecule has 0 aromatic carbocycles. The van der Waals surface area contributed by atoms with E-state index in [0.29, 0.717) is 23.2 Å². The largest absolute Gasteiger partial charge is 0.386 e.